The van der Waals surface area contributed by atoms with Crippen molar-refractivity contribution in [2.45, 2.75) is 20.8 Å². The van der Waals surface area contributed by atoms with Crippen LogP contribution < -0.4 is 0 Å². The van der Waals surface area contributed by atoms with E-state index in [-0.39, 0.29) is 5.91 Å². The van der Waals surface area contributed by atoms with Crippen molar-refractivity contribution in [2.75, 3.05) is 13.1 Å². The maximum absolute atomic E-state index is 11.3. The van der Waals surface area contributed by atoms with Gasteiger partial charge in [0.15, 0.2) is 0 Å². The van der Waals surface area contributed by atoms with E-state index in [0.717, 1.165) is 18.7 Å². The van der Waals surface area contributed by atoms with Crippen LogP contribution in [0.1, 0.15) is 20.8 Å². The number of likely N-dealkylation sites (N-methyl/N-ethyl adjacent to an activating group) is 1. The van der Waals surface area contributed by atoms with Gasteiger partial charge in [0.05, 0.1) is 0 Å². The molecule has 2 nitrogen and oxygen atoms in total. The quantitative estimate of drug-likeness (QED) is 0.463. The van der Waals surface area contributed by atoms with Crippen molar-refractivity contribution in [3.05, 3.63) is 24.3 Å². The molecule has 0 aliphatic carbocycles. The first kappa shape index (κ1) is 11.0. The van der Waals surface area contributed by atoms with E-state index in [2.05, 4.69) is 6.58 Å². The number of carbonyl (C=O) groups is 1. The van der Waals surface area contributed by atoms with Crippen molar-refractivity contribution in [1.82, 2.24) is 4.90 Å². The lowest BCUT2D eigenvalue weighted by Crippen LogP contribution is -2.28. The molecule has 1 amide bonds. The minimum absolute atomic E-state index is 0.0583. The van der Waals surface area contributed by atoms with E-state index in [4.69, 9.17) is 0 Å². The Morgan fingerprint density at radius 1 is 1.33 bits per heavy atom. The molecular formula is C10H17NO. The summed E-state index contributed by atoms with van der Waals surface area (Å²) in [6.45, 7) is 11.0. The smallest absolute Gasteiger partial charge is 0.246 e. The van der Waals surface area contributed by atoms with Crippen LogP contribution in [0.2, 0.25) is 0 Å². The number of rotatable bonds is 4. The molecule has 0 fully saturated rings. The van der Waals surface area contributed by atoms with Crippen molar-refractivity contribution in [3.63, 3.8) is 0 Å². The van der Waals surface area contributed by atoms with E-state index < -0.39 is 0 Å². The number of hydrogen-bond acceptors (Lipinski definition) is 1. The molecule has 0 aromatic heterocycles. The Morgan fingerprint density at radius 3 is 2.17 bits per heavy atom. The van der Waals surface area contributed by atoms with Crippen molar-refractivity contribution in [3.8, 4) is 0 Å². The number of allylic oxidation sites excluding steroid dienone is 2. The molecule has 0 spiro atoms. The highest BCUT2D eigenvalue weighted by Crippen LogP contribution is 1.94. The maximum atomic E-state index is 11.3. The van der Waals surface area contributed by atoms with Crippen LogP contribution >= 0.6 is 0 Å². The van der Waals surface area contributed by atoms with Gasteiger partial charge in [0.2, 0.25) is 5.91 Å². The predicted molar refractivity (Wildman–Crippen MR) is 51.9 cm³/mol. The second-order valence-corrected chi connectivity index (χ2v) is 2.69. The van der Waals surface area contributed by atoms with Crippen LogP contribution in [0.5, 0.6) is 0 Å². The third-order valence-corrected chi connectivity index (χ3v) is 1.59. The lowest BCUT2D eigenvalue weighted by atomic mass is 10.3. The second-order valence-electron chi connectivity index (χ2n) is 2.69. The topological polar surface area (TPSA) is 20.3 Å². The zero-order chi connectivity index (χ0) is 9.56. The molecule has 0 rings (SSSR count). The van der Waals surface area contributed by atoms with Gasteiger partial charge in [-0.25, -0.2) is 0 Å². The minimum atomic E-state index is 0.0583. The summed E-state index contributed by atoms with van der Waals surface area (Å²) < 4.78 is 0. The molecule has 0 aliphatic heterocycles. The van der Waals surface area contributed by atoms with Crippen molar-refractivity contribution < 1.29 is 4.79 Å². The molecule has 0 aromatic carbocycles. The zero-order valence-electron chi connectivity index (χ0n) is 8.13. The molecule has 68 valence electrons. The normalized spacial score (nSPS) is 10.2. The molecule has 0 saturated carbocycles. The van der Waals surface area contributed by atoms with Gasteiger partial charge in [-0.15, -0.1) is 0 Å². The first-order valence-electron chi connectivity index (χ1n) is 4.24. The minimum Gasteiger partial charge on any atom is -0.340 e. The van der Waals surface area contributed by atoms with Crippen LogP contribution in [0.25, 0.3) is 0 Å². The summed E-state index contributed by atoms with van der Waals surface area (Å²) in [5, 5.41) is 0. The molecule has 0 radical (unpaired) electrons. The zero-order valence-corrected chi connectivity index (χ0v) is 8.13. The largest absolute Gasteiger partial charge is 0.340 e. The number of nitrogens with zero attached hydrogens (tertiary/aromatic N) is 1. The Labute approximate surface area is 74.6 Å². The Kier molecular flexibility index (Phi) is 5.09. The number of hydrogen-bond donors (Lipinski definition) is 0. The highest BCUT2D eigenvalue weighted by molar-refractivity contribution is 5.87. The monoisotopic (exact) mass is 167 g/mol. The summed E-state index contributed by atoms with van der Waals surface area (Å²) >= 11 is 0. The summed E-state index contributed by atoms with van der Waals surface area (Å²) in [5.41, 5.74) is 0.899. The van der Waals surface area contributed by atoms with Crippen molar-refractivity contribution in [1.29, 1.82) is 0 Å². The molecule has 0 saturated heterocycles. The van der Waals surface area contributed by atoms with E-state index in [0.29, 0.717) is 0 Å². The third-order valence-electron chi connectivity index (χ3n) is 1.59. The fourth-order valence-electron chi connectivity index (χ4n) is 0.854. The lowest BCUT2D eigenvalue weighted by molar-refractivity contribution is -0.125. The van der Waals surface area contributed by atoms with Gasteiger partial charge in [-0.1, -0.05) is 18.2 Å². The van der Waals surface area contributed by atoms with Crippen LogP contribution in [0, 0.1) is 0 Å². The highest BCUT2D eigenvalue weighted by Gasteiger charge is 2.03. The summed E-state index contributed by atoms with van der Waals surface area (Å²) in [6, 6.07) is 0. The summed E-state index contributed by atoms with van der Waals surface area (Å²) in [7, 11) is 0. The van der Waals surface area contributed by atoms with Crippen LogP contribution in [-0.2, 0) is 4.79 Å². The predicted octanol–water partition coefficient (Wildman–Crippen LogP) is 1.99. The second kappa shape index (κ2) is 5.58. The Hall–Kier alpha value is -1.05. The van der Waals surface area contributed by atoms with Crippen LogP contribution in [-0.4, -0.2) is 23.9 Å². The summed E-state index contributed by atoms with van der Waals surface area (Å²) in [5.74, 6) is 0.0583. The molecule has 0 bridgehead atoms. The molecule has 0 unspecified atom stereocenters. The van der Waals surface area contributed by atoms with Crippen LogP contribution in [0.15, 0.2) is 24.3 Å². The standard InChI is InChI=1S/C10H17NO/c1-5-11(6-2)10(12)8-7-9(3)4/h7-8H,3,5-6H2,1-2,4H3. The molecule has 0 heterocycles. The third kappa shape index (κ3) is 3.96. The van der Waals surface area contributed by atoms with Gasteiger partial charge in [-0.2, -0.15) is 0 Å². The molecule has 0 aromatic rings. The molecule has 12 heavy (non-hydrogen) atoms. The van der Waals surface area contributed by atoms with Crippen LogP contribution in [0.4, 0.5) is 0 Å². The van der Waals surface area contributed by atoms with Gasteiger partial charge in [-0.05, 0) is 20.8 Å². The lowest BCUT2D eigenvalue weighted by Gasteiger charge is -2.15. The summed E-state index contributed by atoms with van der Waals surface area (Å²) in [4.78, 5) is 13.1. The Balaban J connectivity index is 4.10. The van der Waals surface area contributed by atoms with Crippen molar-refractivity contribution >= 4 is 5.91 Å². The molecule has 0 atom stereocenters. The van der Waals surface area contributed by atoms with Gasteiger partial charge < -0.3 is 4.90 Å². The maximum Gasteiger partial charge on any atom is 0.246 e. The van der Waals surface area contributed by atoms with Crippen LogP contribution in [0.3, 0.4) is 0 Å². The highest BCUT2D eigenvalue weighted by atomic mass is 16.2. The molecule has 0 aliphatic rings. The SMILES string of the molecule is C=C(C)C=CC(=O)N(CC)CC. The Morgan fingerprint density at radius 2 is 1.83 bits per heavy atom. The van der Waals surface area contributed by atoms with E-state index in [1.807, 2.05) is 20.8 Å². The average molecular weight is 167 g/mol. The van der Waals surface area contributed by atoms with E-state index in [9.17, 15) is 4.79 Å². The van der Waals surface area contributed by atoms with E-state index in [1.54, 1.807) is 17.1 Å². The van der Waals surface area contributed by atoms with Gasteiger partial charge in [0.1, 0.15) is 0 Å². The average Bonchev–Trinajstić information content (AvgIpc) is 2.03. The van der Waals surface area contributed by atoms with Gasteiger partial charge in [0, 0.05) is 19.2 Å². The fraction of sp³-hybridized carbons (Fsp3) is 0.500. The first-order chi connectivity index (χ1) is 5.61. The molecule has 0 N–H and O–H groups in total. The number of carbonyl (C=O) groups excluding carboxylic acids is 1. The van der Waals surface area contributed by atoms with E-state index >= 15 is 0 Å². The summed E-state index contributed by atoms with van der Waals surface area (Å²) in [6.07, 6.45) is 3.30. The van der Waals surface area contributed by atoms with Gasteiger partial charge in [0.25, 0.3) is 0 Å². The Bertz CT molecular complexity index is 190. The first-order valence-corrected chi connectivity index (χ1v) is 4.24. The van der Waals surface area contributed by atoms with Gasteiger partial charge in [-0.3, -0.25) is 4.79 Å². The fourth-order valence-corrected chi connectivity index (χ4v) is 0.854. The van der Waals surface area contributed by atoms with Gasteiger partial charge >= 0.3 is 0 Å². The van der Waals surface area contributed by atoms with Crippen molar-refractivity contribution in [2.24, 2.45) is 0 Å². The number of amides is 1. The molecule has 2 heteroatoms. The molecular weight excluding hydrogens is 150 g/mol. The van der Waals surface area contributed by atoms with E-state index in [1.165, 1.54) is 0 Å².